The average molecular weight is 269 g/mol. The number of carbonyl (C=O) groups is 1. The van der Waals surface area contributed by atoms with Gasteiger partial charge >= 0.3 is 6.03 Å². The highest BCUT2D eigenvalue weighted by Crippen LogP contribution is 2.29. The first-order valence-corrected chi connectivity index (χ1v) is 6.44. The number of ether oxygens (including phenoxy) is 1. The third-order valence-electron chi connectivity index (χ3n) is 2.99. The third-order valence-corrected chi connectivity index (χ3v) is 3.29. The number of anilines is 1. The van der Waals surface area contributed by atoms with Crippen LogP contribution in [0.5, 0.6) is 5.75 Å². The first kappa shape index (κ1) is 13.0. The Morgan fingerprint density at radius 1 is 1.56 bits per heavy atom. The van der Waals surface area contributed by atoms with Gasteiger partial charge in [0.2, 0.25) is 0 Å². The van der Waals surface area contributed by atoms with E-state index >= 15 is 0 Å². The van der Waals surface area contributed by atoms with E-state index in [1.165, 1.54) is 0 Å². The van der Waals surface area contributed by atoms with Gasteiger partial charge < -0.3 is 15.0 Å². The molecule has 1 N–H and O–H groups in total. The van der Waals surface area contributed by atoms with Crippen LogP contribution in [0.4, 0.5) is 10.5 Å². The summed E-state index contributed by atoms with van der Waals surface area (Å²) in [4.78, 5) is 13.9. The van der Waals surface area contributed by atoms with Crippen molar-refractivity contribution in [1.82, 2.24) is 4.90 Å². The van der Waals surface area contributed by atoms with Crippen LogP contribution in [0.25, 0.3) is 0 Å². The number of methoxy groups -OCH3 is 1. The molecule has 2 rings (SSSR count). The predicted octanol–water partition coefficient (Wildman–Crippen LogP) is 3.36. The molecule has 0 spiro atoms. The van der Waals surface area contributed by atoms with Gasteiger partial charge in [-0.2, -0.15) is 0 Å². The zero-order valence-corrected chi connectivity index (χ0v) is 11.3. The van der Waals surface area contributed by atoms with Crippen LogP contribution < -0.4 is 10.1 Å². The molecular formula is C13H17ClN2O2. The molecule has 2 amide bonds. The van der Waals surface area contributed by atoms with Crippen molar-refractivity contribution in [3.8, 4) is 5.75 Å². The van der Waals surface area contributed by atoms with Crippen molar-refractivity contribution < 1.29 is 9.53 Å². The highest BCUT2D eigenvalue weighted by atomic mass is 35.5. The molecule has 4 nitrogen and oxygen atoms in total. The molecule has 0 radical (unpaired) electrons. The summed E-state index contributed by atoms with van der Waals surface area (Å²) in [5.41, 5.74) is 0.685. The van der Waals surface area contributed by atoms with E-state index in [2.05, 4.69) is 5.32 Å². The number of nitrogens with one attached hydrogen (secondary N) is 1. The fourth-order valence-electron chi connectivity index (χ4n) is 1.89. The van der Waals surface area contributed by atoms with Crippen LogP contribution in [-0.2, 0) is 0 Å². The highest BCUT2D eigenvalue weighted by Gasteiger charge is 2.31. The quantitative estimate of drug-likeness (QED) is 0.910. The van der Waals surface area contributed by atoms with Gasteiger partial charge in [0.15, 0.2) is 0 Å². The van der Waals surface area contributed by atoms with Crippen LogP contribution in [0.1, 0.15) is 19.8 Å². The summed E-state index contributed by atoms with van der Waals surface area (Å²) >= 11 is 6.01. The Morgan fingerprint density at radius 3 is 2.78 bits per heavy atom. The molecule has 0 aliphatic heterocycles. The number of hydrogen-bond acceptors (Lipinski definition) is 2. The lowest BCUT2D eigenvalue weighted by Gasteiger charge is -2.21. The topological polar surface area (TPSA) is 41.6 Å². The van der Waals surface area contributed by atoms with Crippen LogP contribution in [-0.4, -0.2) is 30.6 Å². The van der Waals surface area contributed by atoms with Crippen LogP contribution in [0, 0.1) is 0 Å². The van der Waals surface area contributed by atoms with Crippen molar-refractivity contribution in [2.75, 3.05) is 19.0 Å². The van der Waals surface area contributed by atoms with Gasteiger partial charge in [-0.25, -0.2) is 4.79 Å². The maximum atomic E-state index is 12.0. The summed E-state index contributed by atoms with van der Waals surface area (Å²) in [5, 5.41) is 3.34. The van der Waals surface area contributed by atoms with Crippen molar-refractivity contribution in [2.45, 2.75) is 25.8 Å². The number of urea groups is 1. The van der Waals surface area contributed by atoms with Crippen molar-refractivity contribution in [1.29, 1.82) is 0 Å². The van der Waals surface area contributed by atoms with Crippen LogP contribution >= 0.6 is 11.6 Å². The zero-order chi connectivity index (χ0) is 13.1. The van der Waals surface area contributed by atoms with Gasteiger partial charge in [-0.3, -0.25) is 0 Å². The minimum Gasteiger partial charge on any atom is -0.495 e. The van der Waals surface area contributed by atoms with E-state index < -0.39 is 0 Å². The van der Waals surface area contributed by atoms with E-state index in [1.807, 2.05) is 11.8 Å². The van der Waals surface area contributed by atoms with Crippen LogP contribution in [0.15, 0.2) is 18.2 Å². The molecule has 1 aromatic rings. The maximum absolute atomic E-state index is 12.0. The minimum absolute atomic E-state index is 0.0683. The molecule has 18 heavy (non-hydrogen) atoms. The Morgan fingerprint density at radius 2 is 2.28 bits per heavy atom. The van der Waals surface area contributed by atoms with Crippen molar-refractivity contribution >= 4 is 23.3 Å². The molecule has 1 fully saturated rings. The second kappa shape index (κ2) is 5.48. The smallest absolute Gasteiger partial charge is 0.322 e. The minimum atomic E-state index is -0.0683. The molecule has 0 heterocycles. The summed E-state index contributed by atoms with van der Waals surface area (Å²) < 4.78 is 5.07. The van der Waals surface area contributed by atoms with Gasteiger partial charge in [0, 0.05) is 18.3 Å². The second-order valence-electron chi connectivity index (χ2n) is 4.30. The van der Waals surface area contributed by atoms with E-state index in [9.17, 15) is 4.79 Å². The zero-order valence-electron chi connectivity index (χ0n) is 10.6. The van der Waals surface area contributed by atoms with Crippen molar-refractivity contribution in [3.63, 3.8) is 0 Å². The van der Waals surface area contributed by atoms with Gasteiger partial charge in [-0.05, 0) is 38.0 Å². The Labute approximate surface area is 112 Å². The summed E-state index contributed by atoms with van der Waals surface area (Å²) in [6.07, 6.45) is 2.20. The van der Waals surface area contributed by atoms with Crippen LogP contribution in [0.2, 0.25) is 5.02 Å². The lowest BCUT2D eigenvalue weighted by Crippen LogP contribution is -2.36. The predicted molar refractivity (Wildman–Crippen MR) is 72.4 cm³/mol. The largest absolute Gasteiger partial charge is 0.495 e. The number of carbonyl (C=O) groups excluding carboxylic acids is 1. The van der Waals surface area contributed by atoms with E-state index in [-0.39, 0.29) is 6.03 Å². The summed E-state index contributed by atoms with van der Waals surface area (Å²) in [6.45, 7) is 2.71. The summed E-state index contributed by atoms with van der Waals surface area (Å²) in [7, 11) is 1.56. The monoisotopic (exact) mass is 268 g/mol. The first-order valence-electron chi connectivity index (χ1n) is 6.07. The number of benzene rings is 1. The standard InChI is InChI=1S/C13H17ClN2O2/c1-3-16(10-5-6-10)13(17)15-9-4-7-12(18-2)11(14)8-9/h4,7-8,10H,3,5-6H2,1-2H3,(H,15,17). The molecular weight excluding hydrogens is 252 g/mol. The van der Waals surface area contributed by atoms with Crippen molar-refractivity contribution in [3.05, 3.63) is 23.2 Å². The molecule has 0 atom stereocenters. The number of amides is 2. The lowest BCUT2D eigenvalue weighted by atomic mass is 10.3. The first-order chi connectivity index (χ1) is 8.65. The van der Waals surface area contributed by atoms with Gasteiger partial charge in [0.25, 0.3) is 0 Å². The Hall–Kier alpha value is -1.42. The second-order valence-corrected chi connectivity index (χ2v) is 4.70. The summed E-state index contributed by atoms with van der Waals surface area (Å²) in [6, 6.07) is 5.55. The molecule has 0 aromatic heterocycles. The molecule has 1 aromatic carbocycles. The maximum Gasteiger partial charge on any atom is 0.322 e. The average Bonchev–Trinajstić information content (AvgIpc) is 3.15. The highest BCUT2D eigenvalue weighted by molar-refractivity contribution is 6.32. The Balaban J connectivity index is 2.04. The third kappa shape index (κ3) is 2.88. The van der Waals surface area contributed by atoms with Gasteiger partial charge in [-0.15, -0.1) is 0 Å². The van der Waals surface area contributed by atoms with E-state index in [4.69, 9.17) is 16.3 Å². The van der Waals surface area contributed by atoms with Gasteiger partial charge in [0.05, 0.1) is 12.1 Å². The van der Waals surface area contributed by atoms with E-state index in [0.29, 0.717) is 22.5 Å². The Bertz CT molecular complexity index is 447. The van der Waals surface area contributed by atoms with E-state index in [1.54, 1.807) is 25.3 Å². The lowest BCUT2D eigenvalue weighted by molar-refractivity contribution is 0.212. The fraction of sp³-hybridized carbons (Fsp3) is 0.462. The molecule has 0 saturated heterocycles. The van der Waals surface area contributed by atoms with Crippen LogP contribution in [0.3, 0.4) is 0 Å². The van der Waals surface area contributed by atoms with Crippen molar-refractivity contribution in [2.24, 2.45) is 0 Å². The molecule has 1 saturated carbocycles. The molecule has 0 unspecified atom stereocenters. The molecule has 5 heteroatoms. The van der Waals surface area contributed by atoms with Gasteiger partial charge in [-0.1, -0.05) is 11.6 Å². The normalized spacial score (nSPS) is 14.2. The number of hydrogen-bond donors (Lipinski definition) is 1. The fourth-order valence-corrected chi connectivity index (χ4v) is 2.15. The van der Waals surface area contributed by atoms with E-state index in [0.717, 1.165) is 19.4 Å². The number of rotatable bonds is 4. The number of halogens is 1. The Kier molecular flexibility index (Phi) is 3.97. The molecule has 98 valence electrons. The SMILES string of the molecule is CCN(C(=O)Nc1ccc(OC)c(Cl)c1)C1CC1. The number of nitrogens with zero attached hydrogens (tertiary/aromatic N) is 1. The molecule has 1 aliphatic carbocycles. The summed E-state index contributed by atoms with van der Waals surface area (Å²) in [5.74, 6) is 0.601. The molecule has 0 bridgehead atoms. The van der Waals surface area contributed by atoms with Gasteiger partial charge in [0.1, 0.15) is 5.75 Å². The molecule has 1 aliphatic rings.